The molecule has 2 aromatic carbocycles. The van der Waals surface area contributed by atoms with Crippen molar-refractivity contribution in [3.8, 4) is 0 Å². The second kappa shape index (κ2) is 12.7. The number of benzene rings is 2. The topological polar surface area (TPSA) is 117 Å². The van der Waals surface area contributed by atoms with E-state index in [0.29, 0.717) is 13.0 Å². The van der Waals surface area contributed by atoms with Gasteiger partial charge in [0.2, 0.25) is 0 Å². The molecule has 0 saturated carbocycles. The summed E-state index contributed by atoms with van der Waals surface area (Å²) in [5.74, 6) is -2.92. The number of piperidine rings is 1. The Hall–Kier alpha value is -4.16. The van der Waals surface area contributed by atoms with E-state index in [1.165, 1.54) is 13.2 Å². The molecule has 1 atom stereocenters. The highest BCUT2D eigenvalue weighted by Gasteiger charge is 2.56. The number of hydrogen-bond acceptors (Lipinski definition) is 7. The molecule has 4 amide bonds. The van der Waals surface area contributed by atoms with Crippen molar-refractivity contribution in [1.82, 2.24) is 20.4 Å². The minimum absolute atomic E-state index is 0.00126. The largest absolute Gasteiger partial charge is 0.466 e. The van der Waals surface area contributed by atoms with Crippen molar-refractivity contribution in [2.24, 2.45) is 0 Å². The van der Waals surface area contributed by atoms with Crippen LogP contribution in [-0.2, 0) is 29.9 Å². The first-order valence-corrected chi connectivity index (χ1v) is 15.0. The van der Waals surface area contributed by atoms with Gasteiger partial charge in [-0.05, 0) is 81.6 Å². The van der Waals surface area contributed by atoms with Gasteiger partial charge < -0.3 is 25.0 Å². The summed E-state index contributed by atoms with van der Waals surface area (Å²) in [5.41, 5.74) is 1.14. The molecule has 0 radical (unpaired) electrons. The Balaban J connectivity index is 1.25. The number of imide groups is 1. The van der Waals surface area contributed by atoms with E-state index in [4.69, 9.17) is 9.47 Å². The maximum Gasteiger partial charge on any atom is 0.338 e. The smallest absolute Gasteiger partial charge is 0.338 e. The second-order valence-corrected chi connectivity index (χ2v) is 12.2. The van der Waals surface area contributed by atoms with Gasteiger partial charge in [0.15, 0.2) is 17.4 Å². The molecule has 2 aromatic rings. The summed E-state index contributed by atoms with van der Waals surface area (Å²) in [5, 5.41) is 5.22. The molecule has 2 heterocycles. The molecule has 1 saturated heterocycles. The summed E-state index contributed by atoms with van der Waals surface area (Å²) >= 11 is 0. The monoisotopic (exact) mass is 624 g/mol. The van der Waals surface area contributed by atoms with Crippen LogP contribution in [-0.4, -0.2) is 80.6 Å². The quantitative estimate of drug-likeness (QED) is 0.336. The maximum absolute atomic E-state index is 14.3. The standard InChI is InChI=1S/C33H38F2N4O6/c1-32(2)21-8-5-6-9-22(21)33(29(32)41)12-16-38(17-13-33)15-7-14-36-30(42)39-27(20-10-11-23(34)24(35)18-20)26(28(40)45-4)25(19-44-3)37-31(39)43/h5-6,8-11,18,27H,7,12-17,19H2,1-4H3,(H,36,42)(H,37,43). The lowest BCUT2D eigenvalue weighted by atomic mass is 9.70. The number of likely N-dealkylation sites (tertiary alicyclic amines) is 1. The zero-order valence-corrected chi connectivity index (χ0v) is 25.9. The summed E-state index contributed by atoms with van der Waals surface area (Å²) in [6.45, 7) is 6.11. The number of amides is 4. The van der Waals surface area contributed by atoms with Crippen molar-refractivity contribution in [1.29, 1.82) is 0 Å². The zero-order valence-electron chi connectivity index (χ0n) is 25.9. The van der Waals surface area contributed by atoms with Crippen LogP contribution in [0.1, 0.15) is 55.8 Å². The van der Waals surface area contributed by atoms with Gasteiger partial charge in [-0.3, -0.25) is 4.79 Å². The van der Waals surface area contributed by atoms with Gasteiger partial charge in [-0.2, -0.15) is 0 Å². The van der Waals surface area contributed by atoms with E-state index < -0.39 is 46.5 Å². The molecule has 10 nitrogen and oxygen atoms in total. The van der Waals surface area contributed by atoms with E-state index in [9.17, 15) is 28.0 Å². The summed E-state index contributed by atoms with van der Waals surface area (Å²) < 4.78 is 38.1. The predicted molar refractivity (Wildman–Crippen MR) is 160 cm³/mol. The van der Waals surface area contributed by atoms with Crippen LogP contribution in [0.2, 0.25) is 0 Å². The molecule has 0 aromatic heterocycles. The minimum atomic E-state index is -1.40. The number of Topliss-reactive ketones (excluding diaryl/α,β-unsaturated/α-hetero) is 1. The molecule has 0 bridgehead atoms. The molecule has 45 heavy (non-hydrogen) atoms. The van der Waals surface area contributed by atoms with Crippen LogP contribution in [0.25, 0.3) is 0 Å². The molecular weight excluding hydrogens is 586 g/mol. The van der Waals surface area contributed by atoms with Gasteiger partial charge in [0.1, 0.15) is 6.04 Å². The number of rotatable bonds is 8. The minimum Gasteiger partial charge on any atom is -0.466 e. The van der Waals surface area contributed by atoms with Gasteiger partial charge in [0.25, 0.3) is 0 Å². The van der Waals surface area contributed by atoms with Crippen molar-refractivity contribution in [2.45, 2.75) is 50.0 Å². The molecule has 2 aliphatic heterocycles. The number of methoxy groups -OCH3 is 2. The van der Waals surface area contributed by atoms with Gasteiger partial charge in [0.05, 0.1) is 30.4 Å². The molecule has 1 fully saturated rings. The molecule has 2 N–H and O–H groups in total. The van der Waals surface area contributed by atoms with E-state index in [0.717, 1.165) is 61.2 Å². The number of carbonyl (C=O) groups excluding carboxylic acids is 4. The molecule has 3 aliphatic rings. The first-order chi connectivity index (χ1) is 21.5. The van der Waals surface area contributed by atoms with Crippen molar-refractivity contribution in [3.63, 3.8) is 0 Å². The molecule has 240 valence electrons. The molecule has 5 rings (SSSR count). The van der Waals surface area contributed by atoms with E-state index in [2.05, 4.69) is 27.7 Å². The summed E-state index contributed by atoms with van der Waals surface area (Å²) in [7, 11) is 2.49. The van der Waals surface area contributed by atoms with E-state index in [1.54, 1.807) is 0 Å². The third-order valence-corrected chi connectivity index (χ3v) is 9.26. The number of carbonyl (C=O) groups is 4. The number of ketones is 1. The highest BCUT2D eigenvalue weighted by Crippen LogP contribution is 2.51. The lowest BCUT2D eigenvalue weighted by Gasteiger charge is -2.40. The number of urea groups is 2. The Kier molecular flexibility index (Phi) is 9.09. The highest BCUT2D eigenvalue weighted by molar-refractivity contribution is 6.03. The molecule has 12 heteroatoms. The highest BCUT2D eigenvalue weighted by atomic mass is 19.2. The molecule has 1 aliphatic carbocycles. The number of halogens is 2. The number of nitrogens with zero attached hydrogens (tertiary/aromatic N) is 2. The number of esters is 1. The normalized spacial score (nSPS) is 20.7. The van der Waals surface area contributed by atoms with Gasteiger partial charge in [0, 0.05) is 19.1 Å². The van der Waals surface area contributed by atoms with Crippen LogP contribution in [0.4, 0.5) is 18.4 Å². The molecule has 1 unspecified atom stereocenters. The summed E-state index contributed by atoms with van der Waals surface area (Å²) in [6.07, 6.45) is 1.98. The Labute approximate surface area is 260 Å². The zero-order chi connectivity index (χ0) is 32.5. The third-order valence-electron chi connectivity index (χ3n) is 9.26. The summed E-state index contributed by atoms with van der Waals surface area (Å²) in [6, 6.07) is 7.91. The average molecular weight is 625 g/mol. The summed E-state index contributed by atoms with van der Waals surface area (Å²) in [4.78, 5) is 56.1. The van der Waals surface area contributed by atoms with Crippen LogP contribution in [0.15, 0.2) is 53.7 Å². The maximum atomic E-state index is 14.3. The molecule has 1 spiro atoms. The van der Waals surface area contributed by atoms with Gasteiger partial charge in [-0.15, -0.1) is 0 Å². The lowest BCUT2D eigenvalue weighted by molar-refractivity contribution is -0.137. The van der Waals surface area contributed by atoms with E-state index in [1.807, 2.05) is 26.0 Å². The number of nitrogens with one attached hydrogen (secondary N) is 2. The van der Waals surface area contributed by atoms with Crippen LogP contribution < -0.4 is 10.6 Å². The first-order valence-electron chi connectivity index (χ1n) is 15.0. The first kappa shape index (κ1) is 32.2. The number of hydrogen-bond donors (Lipinski definition) is 2. The fourth-order valence-electron chi connectivity index (χ4n) is 7.00. The van der Waals surface area contributed by atoms with Crippen molar-refractivity contribution >= 4 is 23.8 Å². The Morgan fingerprint density at radius 3 is 2.36 bits per heavy atom. The lowest BCUT2D eigenvalue weighted by Crippen LogP contribution is -2.55. The number of ether oxygens (including phenoxy) is 2. The predicted octanol–water partition coefficient (Wildman–Crippen LogP) is 4.10. The number of fused-ring (bicyclic) bond motifs is 2. The molecular formula is C33H38F2N4O6. The van der Waals surface area contributed by atoms with Gasteiger partial charge >= 0.3 is 18.0 Å². The van der Waals surface area contributed by atoms with Crippen molar-refractivity contribution in [2.75, 3.05) is 47.0 Å². The second-order valence-electron chi connectivity index (χ2n) is 12.2. The van der Waals surface area contributed by atoms with Gasteiger partial charge in [-0.25, -0.2) is 28.1 Å². The SMILES string of the molecule is COCC1=C(C(=O)OC)C(c2ccc(F)c(F)c2)N(C(=O)NCCCN2CCC3(CC2)C(=O)C(C)(C)c2ccccc23)C(=O)N1. The van der Waals surface area contributed by atoms with Crippen molar-refractivity contribution in [3.05, 3.63) is 82.1 Å². The van der Waals surface area contributed by atoms with Gasteiger partial charge in [-0.1, -0.05) is 30.3 Å². The third kappa shape index (κ3) is 5.72. The Bertz CT molecular complexity index is 1550. The Morgan fingerprint density at radius 2 is 1.71 bits per heavy atom. The van der Waals surface area contributed by atoms with E-state index in [-0.39, 0.29) is 35.8 Å². The Morgan fingerprint density at radius 1 is 1.02 bits per heavy atom. The van der Waals surface area contributed by atoms with Crippen LogP contribution in [0.3, 0.4) is 0 Å². The van der Waals surface area contributed by atoms with Crippen LogP contribution >= 0.6 is 0 Å². The van der Waals surface area contributed by atoms with E-state index >= 15 is 0 Å². The fourth-order valence-corrected chi connectivity index (χ4v) is 7.00. The fraction of sp³-hybridized carbons (Fsp3) is 0.455. The van der Waals surface area contributed by atoms with Crippen LogP contribution in [0, 0.1) is 11.6 Å². The van der Waals surface area contributed by atoms with Crippen LogP contribution in [0.5, 0.6) is 0 Å². The van der Waals surface area contributed by atoms with Crippen molar-refractivity contribution < 1.29 is 37.4 Å². The average Bonchev–Trinajstić information content (AvgIpc) is 3.19.